The van der Waals surface area contributed by atoms with Gasteiger partial charge in [-0.25, -0.2) is 4.39 Å². The fourth-order valence-electron chi connectivity index (χ4n) is 1.59. The number of hydrogen-bond donors (Lipinski definition) is 2. The Bertz CT molecular complexity index is 601. The molecule has 0 aliphatic rings. The third-order valence-corrected chi connectivity index (χ3v) is 3.13. The van der Waals surface area contributed by atoms with E-state index >= 15 is 0 Å². The molecule has 0 bridgehead atoms. The van der Waals surface area contributed by atoms with Crippen LogP contribution in [0.2, 0.25) is 5.02 Å². The summed E-state index contributed by atoms with van der Waals surface area (Å²) in [6.07, 6.45) is 0.195. The third-order valence-electron chi connectivity index (χ3n) is 2.50. The van der Waals surface area contributed by atoms with E-state index in [-0.39, 0.29) is 18.0 Å². The molecule has 19 heavy (non-hydrogen) atoms. The van der Waals surface area contributed by atoms with E-state index < -0.39 is 5.82 Å². The molecule has 0 aliphatic carbocycles. The fourth-order valence-corrected chi connectivity index (χ4v) is 1.90. The van der Waals surface area contributed by atoms with E-state index in [0.29, 0.717) is 5.02 Å². The van der Waals surface area contributed by atoms with Crippen LogP contribution in [0.1, 0.15) is 5.56 Å². The van der Waals surface area contributed by atoms with Crippen molar-refractivity contribution in [2.24, 2.45) is 0 Å². The van der Waals surface area contributed by atoms with Gasteiger partial charge in [0.15, 0.2) is 0 Å². The number of nitrogens with one attached hydrogen (secondary N) is 1. The summed E-state index contributed by atoms with van der Waals surface area (Å²) in [7, 11) is 0. The zero-order valence-electron chi connectivity index (χ0n) is 9.86. The summed E-state index contributed by atoms with van der Waals surface area (Å²) in [4.78, 5) is 12.6. The first-order chi connectivity index (χ1) is 9.04. The summed E-state index contributed by atoms with van der Waals surface area (Å²) < 4.78 is 13.1. The van der Waals surface area contributed by atoms with E-state index in [0.717, 1.165) is 10.5 Å². The predicted molar refractivity (Wildman–Crippen MR) is 77.4 cm³/mol. The number of hydrogen-bond acceptors (Lipinski definition) is 2. The first-order valence-electron chi connectivity index (χ1n) is 5.57. The third kappa shape index (κ3) is 3.98. The van der Waals surface area contributed by atoms with E-state index in [9.17, 15) is 9.18 Å². The van der Waals surface area contributed by atoms with Crippen molar-refractivity contribution in [3.63, 3.8) is 0 Å². The molecule has 2 aromatic rings. The molecule has 1 N–H and O–H groups in total. The second kappa shape index (κ2) is 6.08. The van der Waals surface area contributed by atoms with Gasteiger partial charge in [0, 0.05) is 4.90 Å². The van der Waals surface area contributed by atoms with Gasteiger partial charge in [-0.05, 0) is 35.9 Å². The number of thiol groups is 1. The highest BCUT2D eigenvalue weighted by Crippen LogP contribution is 2.22. The van der Waals surface area contributed by atoms with Crippen molar-refractivity contribution in [1.29, 1.82) is 0 Å². The van der Waals surface area contributed by atoms with Gasteiger partial charge in [-0.1, -0.05) is 23.7 Å². The molecule has 0 saturated heterocycles. The molecule has 2 aromatic carbocycles. The van der Waals surface area contributed by atoms with Gasteiger partial charge in [-0.2, -0.15) is 0 Å². The molecule has 1 amide bonds. The van der Waals surface area contributed by atoms with Crippen molar-refractivity contribution < 1.29 is 9.18 Å². The quantitative estimate of drug-likeness (QED) is 0.825. The normalized spacial score (nSPS) is 10.3. The Labute approximate surface area is 121 Å². The minimum absolute atomic E-state index is 0.195. The van der Waals surface area contributed by atoms with E-state index in [2.05, 4.69) is 17.9 Å². The molecule has 0 aliphatic heterocycles. The highest BCUT2D eigenvalue weighted by atomic mass is 35.5. The number of rotatable bonds is 3. The molecule has 0 heterocycles. The van der Waals surface area contributed by atoms with Crippen molar-refractivity contribution in [2.75, 3.05) is 5.32 Å². The smallest absolute Gasteiger partial charge is 0.228 e. The van der Waals surface area contributed by atoms with Crippen LogP contribution < -0.4 is 5.32 Å². The van der Waals surface area contributed by atoms with Crippen molar-refractivity contribution in [2.45, 2.75) is 11.3 Å². The Hall–Kier alpha value is -1.52. The van der Waals surface area contributed by atoms with Crippen molar-refractivity contribution in [3.8, 4) is 0 Å². The Morgan fingerprint density at radius 1 is 1.21 bits per heavy atom. The summed E-state index contributed by atoms with van der Waals surface area (Å²) >= 11 is 10.0. The van der Waals surface area contributed by atoms with Crippen LogP contribution in [0.25, 0.3) is 0 Å². The summed E-state index contributed by atoms with van der Waals surface area (Å²) in [6, 6.07) is 11.1. The monoisotopic (exact) mass is 295 g/mol. The van der Waals surface area contributed by atoms with Crippen LogP contribution in [0.3, 0.4) is 0 Å². The highest BCUT2D eigenvalue weighted by molar-refractivity contribution is 7.80. The predicted octanol–water partition coefficient (Wildman–Crippen LogP) is 3.95. The maximum Gasteiger partial charge on any atom is 0.228 e. The maximum atomic E-state index is 13.1. The van der Waals surface area contributed by atoms with Gasteiger partial charge in [0.25, 0.3) is 0 Å². The van der Waals surface area contributed by atoms with E-state index in [1.807, 2.05) is 12.1 Å². The van der Waals surface area contributed by atoms with Crippen LogP contribution in [0.5, 0.6) is 0 Å². The van der Waals surface area contributed by atoms with Gasteiger partial charge < -0.3 is 5.32 Å². The first kappa shape index (κ1) is 13.9. The Morgan fingerprint density at radius 3 is 2.58 bits per heavy atom. The Kier molecular flexibility index (Phi) is 4.45. The number of carbonyl (C=O) groups excluding carboxylic acids is 1. The number of anilines is 1. The molecule has 98 valence electrons. The fraction of sp³-hybridized carbons (Fsp3) is 0.0714. The highest BCUT2D eigenvalue weighted by Gasteiger charge is 2.08. The van der Waals surface area contributed by atoms with Gasteiger partial charge >= 0.3 is 0 Å². The number of carbonyl (C=O) groups is 1. The molecule has 5 heteroatoms. The standard InChI is InChI=1S/C14H11ClFNOS/c15-12-6-3-10(16)8-13(12)17-14(18)7-9-1-4-11(19)5-2-9/h1-6,8,19H,7H2,(H,17,18). The van der Waals surface area contributed by atoms with Crippen molar-refractivity contribution in [1.82, 2.24) is 0 Å². The van der Waals surface area contributed by atoms with Gasteiger partial charge in [0.1, 0.15) is 5.82 Å². The van der Waals surface area contributed by atoms with Crippen LogP contribution in [-0.4, -0.2) is 5.91 Å². The molecule has 0 saturated carbocycles. The van der Waals surface area contributed by atoms with Gasteiger partial charge in [0.05, 0.1) is 17.1 Å². The zero-order valence-corrected chi connectivity index (χ0v) is 11.5. The second-order valence-corrected chi connectivity index (χ2v) is 4.94. The molecule has 0 unspecified atom stereocenters. The summed E-state index contributed by atoms with van der Waals surface area (Å²) in [6.45, 7) is 0. The van der Waals surface area contributed by atoms with Crippen LogP contribution in [-0.2, 0) is 11.2 Å². The SMILES string of the molecule is O=C(Cc1ccc(S)cc1)Nc1cc(F)ccc1Cl. The molecule has 2 nitrogen and oxygen atoms in total. The lowest BCUT2D eigenvalue weighted by Gasteiger charge is -2.07. The number of benzene rings is 2. The minimum atomic E-state index is -0.445. The van der Waals surface area contributed by atoms with Crippen molar-refractivity contribution >= 4 is 35.8 Å². The summed E-state index contributed by atoms with van der Waals surface area (Å²) in [5.41, 5.74) is 1.13. The summed E-state index contributed by atoms with van der Waals surface area (Å²) in [5.74, 6) is -0.696. The molecule has 0 spiro atoms. The molecule has 0 atom stereocenters. The van der Waals surface area contributed by atoms with E-state index in [1.54, 1.807) is 12.1 Å². The van der Waals surface area contributed by atoms with Crippen LogP contribution in [0.4, 0.5) is 10.1 Å². The lowest BCUT2D eigenvalue weighted by Crippen LogP contribution is -2.14. The van der Waals surface area contributed by atoms with Gasteiger partial charge in [-0.15, -0.1) is 12.6 Å². The number of amides is 1. The molecular formula is C14H11ClFNOS. The molecule has 0 aromatic heterocycles. The van der Waals surface area contributed by atoms with Gasteiger partial charge in [-0.3, -0.25) is 4.79 Å². The maximum absolute atomic E-state index is 13.1. The molecule has 2 rings (SSSR count). The van der Waals surface area contributed by atoms with E-state index in [1.165, 1.54) is 18.2 Å². The van der Waals surface area contributed by atoms with Gasteiger partial charge in [0.2, 0.25) is 5.91 Å². The lowest BCUT2D eigenvalue weighted by molar-refractivity contribution is -0.115. The van der Waals surface area contributed by atoms with Crippen molar-refractivity contribution in [3.05, 3.63) is 58.9 Å². The molecular weight excluding hydrogens is 285 g/mol. The Morgan fingerprint density at radius 2 is 1.89 bits per heavy atom. The Balaban J connectivity index is 2.05. The van der Waals surface area contributed by atoms with Crippen LogP contribution >= 0.6 is 24.2 Å². The molecule has 0 fully saturated rings. The average Bonchev–Trinajstić information content (AvgIpc) is 2.37. The largest absolute Gasteiger partial charge is 0.324 e. The average molecular weight is 296 g/mol. The first-order valence-corrected chi connectivity index (χ1v) is 6.40. The second-order valence-electron chi connectivity index (χ2n) is 4.02. The van der Waals surface area contributed by atoms with Crippen LogP contribution in [0.15, 0.2) is 47.4 Å². The zero-order chi connectivity index (χ0) is 13.8. The molecule has 0 radical (unpaired) electrons. The minimum Gasteiger partial charge on any atom is -0.324 e. The lowest BCUT2D eigenvalue weighted by atomic mass is 10.1. The summed E-state index contributed by atoms with van der Waals surface area (Å²) in [5, 5.41) is 2.89. The number of halogens is 2. The topological polar surface area (TPSA) is 29.1 Å². The van der Waals surface area contributed by atoms with Crippen LogP contribution in [0, 0.1) is 5.82 Å². The van der Waals surface area contributed by atoms with E-state index in [4.69, 9.17) is 11.6 Å².